The van der Waals surface area contributed by atoms with E-state index < -0.39 is 0 Å². The molecule has 1 aromatic carbocycles. The molecule has 5 heteroatoms. The molecule has 0 fully saturated rings. The second kappa shape index (κ2) is 6.41. The van der Waals surface area contributed by atoms with Crippen LogP contribution in [0.4, 0.5) is 0 Å². The first-order chi connectivity index (χ1) is 9.52. The van der Waals surface area contributed by atoms with Gasteiger partial charge in [0.15, 0.2) is 0 Å². The van der Waals surface area contributed by atoms with Gasteiger partial charge in [0, 0.05) is 35.4 Å². The first-order valence-electron chi connectivity index (χ1n) is 6.57. The quantitative estimate of drug-likeness (QED) is 0.909. The third kappa shape index (κ3) is 3.22. The predicted octanol–water partition coefficient (Wildman–Crippen LogP) is 3.35. The number of benzene rings is 1. The van der Waals surface area contributed by atoms with Crippen molar-refractivity contribution in [2.75, 3.05) is 7.11 Å². The first kappa shape index (κ1) is 15.1. The lowest BCUT2D eigenvalue weighted by molar-refractivity contribution is 0.414. The molecule has 2 aromatic rings. The highest BCUT2D eigenvalue weighted by molar-refractivity contribution is 9.10. The molecule has 108 valence electrons. The highest BCUT2D eigenvalue weighted by Gasteiger charge is 2.11. The van der Waals surface area contributed by atoms with Crippen LogP contribution in [0.1, 0.15) is 29.8 Å². The smallest absolute Gasteiger partial charge is 0.120 e. The Morgan fingerprint density at radius 3 is 2.75 bits per heavy atom. The molecule has 1 N–H and O–H groups in total. The summed E-state index contributed by atoms with van der Waals surface area (Å²) >= 11 is 3.60. The van der Waals surface area contributed by atoms with Crippen molar-refractivity contribution in [3.8, 4) is 5.75 Å². The van der Waals surface area contributed by atoms with Gasteiger partial charge in [-0.1, -0.05) is 22.0 Å². The number of rotatable bonds is 5. The van der Waals surface area contributed by atoms with E-state index in [1.165, 1.54) is 16.8 Å². The Balaban J connectivity index is 2.05. The van der Waals surface area contributed by atoms with Crippen LogP contribution in [0.3, 0.4) is 0 Å². The van der Waals surface area contributed by atoms with Gasteiger partial charge in [-0.3, -0.25) is 4.68 Å². The summed E-state index contributed by atoms with van der Waals surface area (Å²) in [7, 11) is 3.64. The van der Waals surface area contributed by atoms with E-state index in [1.54, 1.807) is 7.11 Å². The molecule has 0 aliphatic heterocycles. The van der Waals surface area contributed by atoms with Crippen LogP contribution in [-0.2, 0) is 13.6 Å². The van der Waals surface area contributed by atoms with Crippen molar-refractivity contribution in [1.29, 1.82) is 0 Å². The summed E-state index contributed by atoms with van der Waals surface area (Å²) in [5.74, 6) is 0.857. The minimum atomic E-state index is 0.245. The SMILES string of the molecule is COc1ccc([C@H](C)NCc2cnn(C)c2C)c(Br)c1. The molecule has 0 bridgehead atoms. The van der Waals surface area contributed by atoms with Crippen LogP contribution in [0.2, 0.25) is 0 Å². The van der Waals surface area contributed by atoms with Crippen molar-refractivity contribution >= 4 is 15.9 Å². The number of nitrogens with one attached hydrogen (secondary N) is 1. The molecule has 4 nitrogen and oxygen atoms in total. The van der Waals surface area contributed by atoms with Gasteiger partial charge in [-0.15, -0.1) is 0 Å². The Labute approximate surface area is 128 Å². The normalized spacial score (nSPS) is 12.4. The molecule has 0 unspecified atom stereocenters. The van der Waals surface area contributed by atoms with Crippen molar-refractivity contribution in [3.05, 3.63) is 45.7 Å². The zero-order valence-electron chi connectivity index (χ0n) is 12.3. The van der Waals surface area contributed by atoms with Gasteiger partial charge in [-0.2, -0.15) is 5.10 Å². The fourth-order valence-electron chi connectivity index (χ4n) is 2.08. The van der Waals surface area contributed by atoms with Gasteiger partial charge in [-0.25, -0.2) is 0 Å². The molecular formula is C15H20BrN3O. The van der Waals surface area contributed by atoms with E-state index in [2.05, 4.69) is 46.3 Å². The Morgan fingerprint density at radius 2 is 2.20 bits per heavy atom. The van der Waals surface area contributed by atoms with Crippen molar-refractivity contribution in [2.24, 2.45) is 7.05 Å². The van der Waals surface area contributed by atoms with Crippen LogP contribution in [0, 0.1) is 6.92 Å². The fraction of sp³-hybridized carbons (Fsp3) is 0.400. The highest BCUT2D eigenvalue weighted by atomic mass is 79.9. The highest BCUT2D eigenvalue weighted by Crippen LogP contribution is 2.27. The van der Waals surface area contributed by atoms with Crippen LogP contribution in [0.15, 0.2) is 28.9 Å². The number of methoxy groups -OCH3 is 1. The summed E-state index contributed by atoms with van der Waals surface area (Å²) in [6, 6.07) is 6.29. The number of ether oxygens (including phenoxy) is 1. The van der Waals surface area contributed by atoms with Gasteiger partial charge < -0.3 is 10.1 Å². The van der Waals surface area contributed by atoms with Gasteiger partial charge in [0.2, 0.25) is 0 Å². The Bertz CT molecular complexity index is 595. The van der Waals surface area contributed by atoms with Crippen LogP contribution < -0.4 is 10.1 Å². The lowest BCUT2D eigenvalue weighted by Crippen LogP contribution is -2.18. The Kier molecular flexibility index (Phi) is 4.83. The monoisotopic (exact) mass is 337 g/mol. The second-order valence-corrected chi connectivity index (χ2v) is 5.72. The molecule has 1 aromatic heterocycles. The summed E-state index contributed by atoms with van der Waals surface area (Å²) in [6.45, 7) is 5.04. The third-order valence-corrected chi connectivity index (χ3v) is 4.30. The maximum Gasteiger partial charge on any atom is 0.120 e. The molecule has 0 aliphatic carbocycles. The maximum absolute atomic E-state index is 5.22. The third-order valence-electron chi connectivity index (χ3n) is 3.61. The van der Waals surface area contributed by atoms with Crippen molar-refractivity contribution in [1.82, 2.24) is 15.1 Å². The first-order valence-corrected chi connectivity index (χ1v) is 7.36. The fourth-order valence-corrected chi connectivity index (χ4v) is 2.78. The van der Waals surface area contributed by atoms with Crippen LogP contribution in [0.5, 0.6) is 5.75 Å². The second-order valence-electron chi connectivity index (χ2n) is 4.87. The average molecular weight is 338 g/mol. The molecule has 0 aliphatic rings. The van der Waals surface area contributed by atoms with Crippen molar-refractivity contribution in [3.63, 3.8) is 0 Å². The largest absolute Gasteiger partial charge is 0.497 e. The van der Waals surface area contributed by atoms with E-state index in [0.29, 0.717) is 0 Å². The average Bonchev–Trinajstić information content (AvgIpc) is 2.76. The maximum atomic E-state index is 5.22. The number of halogens is 1. The summed E-state index contributed by atoms with van der Waals surface area (Å²) < 4.78 is 8.17. The number of hydrogen-bond donors (Lipinski definition) is 1. The molecule has 1 atom stereocenters. The van der Waals surface area contributed by atoms with E-state index in [0.717, 1.165) is 16.8 Å². The van der Waals surface area contributed by atoms with Gasteiger partial charge in [0.1, 0.15) is 5.75 Å². The molecule has 2 rings (SSSR count). The zero-order valence-corrected chi connectivity index (χ0v) is 13.9. The van der Waals surface area contributed by atoms with E-state index >= 15 is 0 Å². The summed E-state index contributed by atoms with van der Waals surface area (Å²) in [6.07, 6.45) is 1.91. The molecule has 0 saturated carbocycles. The van der Waals surface area contributed by atoms with Crippen LogP contribution in [0.25, 0.3) is 0 Å². The number of nitrogens with zero attached hydrogens (tertiary/aromatic N) is 2. The summed E-state index contributed by atoms with van der Waals surface area (Å²) in [5, 5.41) is 7.78. The van der Waals surface area contributed by atoms with E-state index in [4.69, 9.17) is 4.74 Å². The number of aromatic nitrogens is 2. The predicted molar refractivity (Wildman–Crippen MR) is 83.9 cm³/mol. The minimum absolute atomic E-state index is 0.245. The van der Waals surface area contributed by atoms with Crippen LogP contribution in [-0.4, -0.2) is 16.9 Å². The van der Waals surface area contributed by atoms with E-state index in [-0.39, 0.29) is 6.04 Å². The molecule has 0 spiro atoms. The topological polar surface area (TPSA) is 39.1 Å². The van der Waals surface area contributed by atoms with E-state index in [9.17, 15) is 0 Å². The molecule has 1 heterocycles. The molecule has 0 radical (unpaired) electrons. The lowest BCUT2D eigenvalue weighted by Gasteiger charge is -2.16. The van der Waals surface area contributed by atoms with Crippen molar-refractivity contribution < 1.29 is 4.74 Å². The van der Waals surface area contributed by atoms with E-state index in [1.807, 2.05) is 30.1 Å². The van der Waals surface area contributed by atoms with Gasteiger partial charge in [-0.05, 0) is 31.5 Å². The molecule has 0 saturated heterocycles. The van der Waals surface area contributed by atoms with Gasteiger partial charge in [0.25, 0.3) is 0 Å². The number of hydrogen-bond acceptors (Lipinski definition) is 3. The van der Waals surface area contributed by atoms with Crippen LogP contribution >= 0.6 is 15.9 Å². The minimum Gasteiger partial charge on any atom is -0.497 e. The Morgan fingerprint density at radius 1 is 1.45 bits per heavy atom. The summed E-state index contributed by atoms with van der Waals surface area (Å²) in [5.41, 5.74) is 3.63. The molecule has 20 heavy (non-hydrogen) atoms. The standard InChI is InChI=1S/C15H20BrN3O/c1-10(14-6-5-13(20-4)7-15(14)16)17-8-12-9-18-19(3)11(12)2/h5-7,9-10,17H,8H2,1-4H3/t10-/m0/s1. The van der Waals surface area contributed by atoms with Gasteiger partial charge in [0.05, 0.1) is 13.3 Å². The lowest BCUT2D eigenvalue weighted by atomic mass is 10.1. The summed E-state index contributed by atoms with van der Waals surface area (Å²) in [4.78, 5) is 0. The Hall–Kier alpha value is -1.33. The molecule has 0 amide bonds. The number of aryl methyl sites for hydroxylation is 1. The van der Waals surface area contributed by atoms with Gasteiger partial charge >= 0.3 is 0 Å². The van der Waals surface area contributed by atoms with Crippen molar-refractivity contribution in [2.45, 2.75) is 26.4 Å². The zero-order chi connectivity index (χ0) is 14.7. The molecular weight excluding hydrogens is 318 g/mol.